The van der Waals surface area contributed by atoms with E-state index in [1.54, 1.807) is 36.4 Å². The Morgan fingerprint density at radius 2 is 1.88 bits per heavy atom. The normalized spacial score (nSPS) is 14.6. The molecule has 1 aliphatic rings. The Labute approximate surface area is 147 Å². The molecule has 0 saturated heterocycles. The molecule has 3 rings (SSSR count). The summed E-state index contributed by atoms with van der Waals surface area (Å²) >= 11 is 0. The van der Waals surface area contributed by atoms with Gasteiger partial charge in [0.25, 0.3) is 5.91 Å². The monoisotopic (exact) mass is 348 g/mol. The molecule has 0 aliphatic heterocycles. The first kappa shape index (κ1) is 18.2. The average molecular weight is 349 g/mol. The predicted octanol–water partition coefficient (Wildman–Crippen LogP) is 3.04. The molecule has 3 N–H and O–H groups in total. The van der Waals surface area contributed by atoms with Gasteiger partial charge in [-0.2, -0.15) is 0 Å². The summed E-state index contributed by atoms with van der Waals surface area (Å²) in [6.07, 6.45) is 2.30. The maximum atomic E-state index is 12.1. The first-order chi connectivity index (χ1) is 11.0. The lowest BCUT2D eigenvalue weighted by atomic mass is 10.1. The predicted molar refractivity (Wildman–Crippen MR) is 94.4 cm³/mol. The summed E-state index contributed by atoms with van der Waals surface area (Å²) in [6, 6.07) is 10.5. The Morgan fingerprint density at radius 1 is 1.21 bits per heavy atom. The van der Waals surface area contributed by atoms with Gasteiger partial charge in [0.1, 0.15) is 5.76 Å². The number of benzene rings is 1. The van der Waals surface area contributed by atoms with Crippen LogP contribution in [0.1, 0.15) is 40.7 Å². The zero-order valence-corrected chi connectivity index (χ0v) is 14.3. The van der Waals surface area contributed by atoms with Crippen molar-refractivity contribution < 1.29 is 14.0 Å². The third kappa shape index (κ3) is 4.24. The number of rotatable bonds is 6. The molecule has 128 valence electrons. The van der Waals surface area contributed by atoms with Crippen LogP contribution in [0.3, 0.4) is 0 Å². The van der Waals surface area contributed by atoms with Gasteiger partial charge in [-0.3, -0.25) is 9.59 Å². The minimum atomic E-state index is -0.257. The maximum absolute atomic E-state index is 12.1. The number of ketones is 1. The Morgan fingerprint density at radius 3 is 2.46 bits per heavy atom. The van der Waals surface area contributed by atoms with E-state index in [9.17, 15) is 9.59 Å². The lowest BCUT2D eigenvalue weighted by Gasteiger charge is -2.10. The summed E-state index contributed by atoms with van der Waals surface area (Å²) in [5.41, 5.74) is 7.44. The van der Waals surface area contributed by atoms with Crippen LogP contribution in [0.15, 0.2) is 40.8 Å². The molecular weight excluding hydrogens is 328 g/mol. The number of carbonyl (C=O) groups is 2. The van der Waals surface area contributed by atoms with Crippen molar-refractivity contribution in [2.75, 3.05) is 6.54 Å². The number of halogens is 1. The van der Waals surface area contributed by atoms with Crippen molar-refractivity contribution in [3.8, 4) is 11.3 Å². The summed E-state index contributed by atoms with van der Waals surface area (Å²) in [5.74, 6) is 1.16. The molecule has 6 heteroatoms. The first-order valence-electron chi connectivity index (χ1n) is 7.79. The molecule has 0 radical (unpaired) electrons. The van der Waals surface area contributed by atoms with Gasteiger partial charge >= 0.3 is 0 Å². The summed E-state index contributed by atoms with van der Waals surface area (Å²) in [6.45, 7) is 1.99. The summed E-state index contributed by atoms with van der Waals surface area (Å²) < 4.78 is 5.60. The van der Waals surface area contributed by atoms with E-state index < -0.39 is 0 Å². The number of Topliss-reactive ketones (excluding diaryl/α,β-unsaturated/α-hetero) is 1. The van der Waals surface area contributed by atoms with Crippen molar-refractivity contribution in [2.45, 2.75) is 25.8 Å². The molecular formula is C18H21ClN2O3. The highest BCUT2D eigenvalue weighted by Crippen LogP contribution is 2.31. The largest absolute Gasteiger partial charge is 0.451 e. The van der Waals surface area contributed by atoms with Gasteiger partial charge in [-0.05, 0) is 37.8 Å². The average Bonchev–Trinajstić information content (AvgIpc) is 3.29. The van der Waals surface area contributed by atoms with E-state index >= 15 is 0 Å². The van der Waals surface area contributed by atoms with Crippen molar-refractivity contribution >= 4 is 24.1 Å². The van der Waals surface area contributed by atoms with Crippen LogP contribution in [0, 0.1) is 5.92 Å². The summed E-state index contributed by atoms with van der Waals surface area (Å²) in [7, 11) is 0. The fourth-order valence-electron chi connectivity index (χ4n) is 2.47. The SMILES string of the molecule is CC(=O)c1ccc(-c2ccc(C(=O)NCC(N)C3CC3)o2)cc1.Cl. The van der Waals surface area contributed by atoms with Crippen LogP contribution in [0.5, 0.6) is 0 Å². The number of hydrogen-bond donors (Lipinski definition) is 2. The molecule has 1 atom stereocenters. The Balaban J connectivity index is 0.00000208. The fraction of sp³-hybridized carbons (Fsp3) is 0.333. The Bertz CT molecular complexity index is 720. The van der Waals surface area contributed by atoms with Crippen molar-refractivity contribution in [1.29, 1.82) is 0 Å². The molecule has 1 saturated carbocycles. The quantitative estimate of drug-likeness (QED) is 0.786. The second-order valence-electron chi connectivity index (χ2n) is 6.01. The third-order valence-electron chi connectivity index (χ3n) is 4.13. The van der Waals surface area contributed by atoms with Gasteiger partial charge in [-0.1, -0.05) is 24.3 Å². The van der Waals surface area contributed by atoms with Crippen LogP contribution in [0.25, 0.3) is 11.3 Å². The van der Waals surface area contributed by atoms with Crippen molar-refractivity contribution in [3.63, 3.8) is 0 Å². The molecule has 0 spiro atoms. The zero-order chi connectivity index (χ0) is 16.4. The molecule has 0 bridgehead atoms. The lowest BCUT2D eigenvalue weighted by molar-refractivity contribution is 0.0923. The van der Waals surface area contributed by atoms with Crippen LogP contribution in [0.2, 0.25) is 0 Å². The molecule has 1 heterocycles. The van der Waals surface area contributed by atoms with Crippen LogP contribution < -0.4 is 11.1 Å². The minimum Gasteiger partial charge on any atom is -0.451 e. The third-order valence-corrected chi connectivity index (χ3v) is 4.13. The standard InChI is InChI=1S/C18H20N2O3.ClH/c1-11(21)12-2-6-14(7-3-12)16-8-9-17(23-16)18(22)20-10-15(19)13-4-5-13;/h2-3,6-9,13,15H,4-5,10,19H2,1H3,(H,20,22);1H. The number of carbonyl (C=O) groups excluding carboxylic acids is 2. The molecule has 1 aliphatic carbocycles. The molecule has 1 amide bonds. The number of amides is 1. The first-order valence-corrected chi connectivity index (χ1v) is 7.79. The summed E-state index contributed by atoms with van der Waals surface area (Å²) in [4.78, 5) is 23.4. The van der Waals surface area contributed by atoms with Crippen LogP contribution in [-0.4, -0.2) is 24.3 Å². The number of nitrogens with one attached hydrogen (secondary N) is 1. The van der Waals surface area contributed by atoms with Gasteiger partial charge in [0.2, 0.25) is 0 Å². The smallest absolute Gasteiger partial charge is 0.287 e. The van der Waals surface area contributed by atoms with Crippen LogP contribution in [0.4, 0.5) is 0 Å². The van der Waals surface area contributed by atoms with Crippen molar-refractivity contribution in [2.24, 2.45) is 11.7 Å². The van der Waals surface area contributed by atoms with Gasteiger partial charge in [-0.25, -0.2) is 0 Å². The van der Waals surface area contributed by atoms with Gasteiger partial charge in [0.15, 0.2) is 11.5 Å². The van der Waals surface area contributed by atoms with E-state index in [1.165, 1.54) is 6.92 Å². The van der Waals surface area contributed by atoms with E-state index in [-0.39, 0.29) is 35.9 Å². The zero-order valence-electron chi connectivity index (χ0n) is 13.5. The maximum Gasteiger partial charge on any atom is 0.287 e. The molecule has 1 fully saturated rings. The molecule has 24 heavy (non-hydrogen) atoms. The lowest BCUT2D eigenvalue weighted by Crippen LogP contribution is -2.38. The molecule has 1 unspecified atom stereocenters. The van der Waals surface area contributed by atoms with Gasteiger partial charge in [0, 0.05) is 23.7 Å². The van der Waals surface area contributed by atoms with E-state index in [1.807, 2.05) is 0 Å². The van der Waals surface area contributed by atoms with Crippen LogP contribution in [-0.2, 0) is 0 Å². The molecule has 1 aromatic heterocycles. The van der Waals surface area contributed by atoms with Crippen molar-refractivity contribution in [1.82, 2.24) is 5.32 Å². The van der Waals surface area contributed by atoms with Gasteiger partial charge < -0.3 is 15.5 Å². The van der Waals surface area contributed by atoms with E-state index in [0.717, 1.165) is 18.4 Å². The fourth-order valence-corrected chi connectivity index (χ4v) is 2.47. The highest BCUT2D eigenvalue weighted by molar-refractivity contribution is 5.94. The highest BCUT2D eigenvalue weighted by Gasteiger charge is 2.28. The highest BCUT2D eigenvalue weighted by atomic mass is 35.5. The Kier molecular flexibility index (Phi) is 5.80. The molecule has 5 nitrogen and oxygen atoms in total. The van der Waals surface area contributed by atoms with E-state index in [4.69, 9.17) is 10.2 Å². The molecule has 1 aromatic carbocycles. The van der Waals surface area contributed by atoms with Crippen molar-refractivity contribution in [3.05, 3.63) is 47.7 Å². The number of hydrogen-bond acceptors (Lipinski definition) is 4. The number of furan rings is 1. The second-order valence-corrected chi connectivity index (χ2v) is 6.01. The van der Waals surface area contributed by atoms with Crippen LogP contribution >= 0.6 is 12.4 Å². The molecule has 2 aromatic rings. The topological polar surface area (TPSA) is 85.3 Å². The second kappa shape index (κ2) is 7.64. The van der Waals surface area contributed by atoms with Gasteiger partial charge in [-0.15, -0.1) is 12.4 Å². The minimum absolute atomic E-state index is 0. The summed E-state index contributed by atoms with van der Waals surface area (Å²) in [5, 5.41) is 2.81. The Hall–Kier alpha value is -2.11. The van der Waals surface area contributed by atoms with E-state index in [2.05, 4.69) is 5.32 Å². The van der Waals surface area contributed by atoms with Gasteiger partial charge in [0.05, 0.1) is 0 Å². The van der Waals surface area contributed by atoms with E-state index in [0.29, 0.717) is 23.8 Å². The number of nitrogens with two attached hydrogens (primary N) is 1.